The molecule has 2 aromatic heterocycles. The summed E-state index contributed by atoms with van der Waals surface area (Å²) in [5.41, 5.74) is 2.20. The molecule has 1 aromatic carbocycles. The standard InChI is InChI=1S/C21H21N3OS2/c1-14-6-11-18(27-14)20-19(17-5-3-4-12-22-17)23-21(26)24(20)13-15-7-9-16(25-2)10-8-15/h3-12,19-20H,13H2,1-2H3,(H,23,26)/t19-,20+/m1/s1. The lowest BCUT2D eigenvalue weighted by molar-refractivity contribution is 0.315. The Morgan fingerprint density at radius 2 is 1.96 bits per heavy atom. The van der Waals surface area contributed by atoms with Gasteiger partial charge in [0.15, 0.2) is 5.11 Å². The zero-order valence-electron chi connectivity index (χ0n) is 15.3. The maximum atomic E-state index is 5.72. The highest BCUT2D eigenvalue weighted by molar-refractivity contribution is 7.80. The Bertz CT molecular complexity index is 924. The van der Waals surface area contributed by atoms with Crippen molar-refractivity contribution < 1.29 is 4.74 Å². The molecular formula is C21H21N3OS2. The van der Waals surface area contributed by atoms with E-state index in [2.05, 4.69) is 52.5 Å². The van der Waals surface area contributed by atoms with E-state index in [0.29, 0.717) is 0 Å². The molecule has 3 aromatic rings. The zero-order chi connectivity index (χ0) is 18.8. The van der Waals surface area contributed by atoms with Gasteiger partial charge in [0.1, 0.15) is 5.75 Å². The highest BCUT2D eigenvalue weighted by atomic mass is 32.1. The lowest BCUT2D eigenvalue weighted by Crippen LogP contribution is -2.28. The highest BCUT2D eigenvalue weighted by Crippen LogP contribution is 2.41. The van der Waals surface area contributed by atoms with Crippen molar-refractivity contribution >= 4 is 28.7 Å². The largest absolute Gasteiger partial charge is 0.497 e. The topological polar surface area (TPSA) is 37.4 Å². The van der Waals surface area contributed by atoms with Crippen LogP contribution in [-0.2, 0) is 6.54 Å². The second kappa shape index (κ2) is 7.66. The Balaban J connectivity index is 1.68. The molecule has 1 saturated heterocycles. The molecule has 1 aliphatic rings. The van der Waals surface area contributed by atoms with Crippen molar-refractivity contribution in [3.63, 3.8) is 0 Å². The number of benzene rings is 1. The third-order valence-electron chi connectivity index (χ3n) is 4.76. The summed E-state index contributed by atoms with van der Waals surface area (Å²) in [7, 11) is 1.68. The fraction of sp³-hybridized carbons (Fsp3) is 0.238. The van der Waals surface area contributed by atoms with E-state index in [0.717, 1.165) is 23.1 Å². The summed E-state index contributed by atoms with van der Waals surface area (Å²) in [6, 6.07) is 18.7. The van der Waals surface area contributed by atoms with Crippen molar-refractivity contribution in [2.75, 3.05) is 7.11 Å². The maximum Gasteiger partial charge on any atom is 0.170 e. The average Bonchev–Trinajstić information content (AvgIpc) is 3.26. The molecule has 138 valence electrons. The van der Waals surface area contributed by atoms with Gasteiger partial charge in [0.2, 0.25) is 0 Å². The quantitative estimate of drug-likeness (QED) is 0.638. The smallest absolute Gasteiger partial charge is 0.170 e. The number of aryl methyl sites for hydroxylation is 1. The molecule has 3 heterocycles. The monoisotopic (exact) mass is 395 g/mol. The Morgan fingerprint density at radius 3 is 2.59 bits per heavy atom. The summed E-state index contributed by atoms with van der Waals surface area (Å²) >= 11 is 7.53. The predicted molar refractivity (Wildman–Crippen MR) is 113 cm³/mol. The van der Waals surface area contributed by atoms with Gasteiger partial charge >= 0.3 is 0 Å². The van der Waals surface area contributed by atoms with E-state index < -0.39 is 0 Å². The number of thiophene rings is 1. The first-order valence-electron chi connectivity index (χ1n) is 8.83. The van der Waals surface area contributed by atoms with Crippen molar-refractivity contribution in [1.82, 2.24) is 15.2 Å². The van der Waals surface area contributed by atoms with E-state index in [4.69, 9.17) is 17.0 Å². The number of pyridine rings is 1. The lowest BCUT2D eigenvalue weighted by Gasteiger charge is -2.27. The number of aromatic nitrogens is 1. The van der Waals surface area contributed by atoms with Crippen molar-refractivity contribution in [1.29, 1.82) is 0 Å². The van der Waals surface area contributed by atoms with Crippen molar-refractivity contribution in [2.45, 2.75) is 25.6 Å². The minimum Gasteiger partial charge on any atom is -0.497 e. The molecule has 4 nitrogen and oxygen atoms in total. The normalized spacial score (nSPS) is 19.2. The Hall–Kier alpha value is -2.44. The molecule has 1 fully saturated rings. The summed E-state index contributed by atoms with van der Waals surface area (Å²) in [4.78, 5) is 9.44. The first-order chi connectivity index (χ1) is 13.2. The summed E-state index contributed by atoms with van der Waals surface area (Å²) in [6.45, 7) is 2.87. The Morgan fingerprint density at radius 1 is 1.15 bits per heavy atom. The van der Waals surface area contributed by atoms with Crippen LogP contribution in [0.2, 0.25) is 0 Å². The van der Waals surface area contributed by atoms with Crippen LogP contribution < -0.4 is 10.1 Å². The summed E-state index contributed by atoms with van der Waals surface area (Å²) in [6.07, 6.45) is 1.84. The van der Waals surface area contributed by atoms with Gasteiger partial charge < -0.3 is 15.0 Å². The van der Waals surface area contributed by atoms with E-state index in [1.807, 2.05) is 41.8 Å². The van der Waals surface area contributed by atoms with Crippen molar-refractivity contribution in [2.24, 2.45) is 0 Å². The van der Waals surface area contributed by atoms with Gasteiger partial charge in [-0.05, 0) is 61.1 Å². The molecule has 0 bridgehead atoms. The van der Waals surface area contributed by atoms with E-state index in [-0.39, 0.29) is 12.1 Å². The predicted octanol–water partition coefficient (Wildman–Crippen LogP) is 4.63. The zero-order valence-corrected chi connectivity index (χ0v) is 16.9. The molecule has 0 aliphatic carbocycles. The van der Waals surface area contributed by atoms with Crippen molar-refractivity contribution in [3.8, 4) is 5.75 Å². The van der Waals surface area contributed by atoms with E-state index >= 15 is 0 Å². The fourth-order valence-electron chi connectivity index (χ4n) is 3.42. The number of ether oxygens (including phenoxy) is 1. The number of rotatable bonds is 5. The Kier molecular flexibility index (Phi) is 5.09. The average molecular weight is 396 g/mol. The molecule has 27 heavy (non-hydrogen) atoms. The van der Waals surface area contributed by atoms with E-state index in [1.165, 1.54) is 15.3 Å². The van der Waals surface area contributed by atoms with Gasteiger partial charge in [-0.3, -0.25) is 4.98 Å². The summed E-state index contributed by atoms with van der Waals surface area (Å²) in [5, 5.41) is 4.26. The third kappa shape index (κ3) is 3.68. The fourth-order valence-corrected chi connectivity index (χ4v) is 4.76. The lowest BCUT2D eigenvalue weighted by atomic mass is 10.0. The first-order valence-corrected chi connectivity index (χ1v) is 10.1. The van der Waals surface area contributed by atoms with Crippen LogP contribution in [0.3, 0.4) is 0 Å². The SMILES string of the molecule is COc1ccc(CN2C(=S)N[C@H](c3ccccn3)[C@@H]2c2ccc(C)s2)cc1. The van der Waals surface area contributed by atoms with Crippen LogP contribution in [0, 0.1) is 6.92 Å². The van der Waals surface area contributed by atoms with Gasteiger partial charge in [-0.15, -0.1) is 11.3 Å². The number of hydrogen-bond donors (Lipinski definition) is 1. The molecular weight excluding hydrogens is 374 g/mol. The van der Waals surface area contributed by atoms with Gasteiger partial charge in [0.25, 0.3) is 0 Å². The second-order valence-corrected chi connectivity index (χ2v) is 8.26. The van der Waals surface area contributed by atoms with E-state index in [9.17, 15) is 0 Å². The maximum absolute atomic E-state index is 5.72. The van der Waals surface area contributed by atoms with Crippen LogP contribution in [0.15, 0.2) is 60.8 Å². The molecule has 1 aliphatic heterocycles. The molecule has 0 amide bonds. The molecule has 1 N–H and O–H groups in total. The minimum atomic E-state index is 0.0370. The van der Waals surface area contributed by atoms with Gasteiger partial charge in [-0.1, -0.05) is 18.2 Å². The molecule has 0 spiro atoms. The van der Waals surface area contributed by atoms with Crippen LogP contribution in [0.1, 0.15) is 33.1 Å². The van der Waals surface area contributed by atoms with Gasteiger partial charge in [0.05, 0.1) is 24.9 Å². The molecule has 6 heteroatoms. The number of thiocarbonyl (C=S) groups is 1. The summed E-state index contributed by atoms with van der Waals surface area (Å²) < 4.78 is 5.27. The molecule has 2 atom stereocenters. The Labute approximate surface area is 168 Å². The molecule has 0 unspecified atom stereocenters. The van der Waals surface area contributed by atoms with Crippen LogP contribution >= 0.6 is 23.6 Å². The number of methoxy groups -OCH3 is 1. The minimum absolute atomic E-state index is 0.0370. The third-order valence-corrected chi connectivity index (χ3v) is 6.19. The molecule has 4 rings (SSSR count). The van der Waals surface area contributed by atoms with Gasteiger partial charge in [-0.2, -0.15) is 0 Å². The number of hydrogen-bond acceptors (Lipinski definition) is 4. The summed E-state index contributed by atoms with van der Waals surface area (Å²) in [5.74, 6) is 0.859. The first kappa shape index (κ1) is 17.9. The molecule has 0 radical (unpaired) electrons. The van der Waals surface area contributed by atoms with Crippen LogP contribution in [0.4, 0.5) is 0 Å². The van der Waals surface area contributed by atoms with Crippen molar-refractivity contribution in [3.05, 3.63) is 81.8 Å². The highest BCUT2D eigenvalue weighted by Gasteiger charge is 2.40. The number of nitrogens with zero attached hydrogens (tertiary/aromatic N) is 2. The second-order valence-electron chi connectivity index (χ2n) is 6.55. The van der Waals surface area contributed by atoms with E-state index in [1.54, 1.807) is 7.11 Å². The molecule has 0 saturated carbocycles. The number of nitrogens with one attached hydrogen (secondary N) is 1. The van der Waals surface area contributed by atoms with Crippen LogP contribution in [-0.4, -0.2) is 22.1 Å². The van der Waals surface area contributed by atoms with Crippen LogP contribution in [0.25, 0.3) is 0 Å². The van der Waals surface area contributed by atoms with Gasteiger partial charge in [0, 0.05) is 22.5 Å². The van der Waals surface area contributed by atoms with Crippen LogP contribution in [0.5, 0.6) is 5.75 Å². The van der Waals surface area contributed by atoms with Gasteiger partial charge in [-0.25, -0.2) is 0 Å².